The molecule has 10 heteroatoms. The van der Waals surface area contributed by atoms with Crippen LogP contribution in [0.15, 0.2) is 70.7 Å². The van der Waals surface area contributed by atoms with Gasteiger partial charge in [-0.15, -0.1) is 0 Å². The fourth-order valence-electron chi connectivity index (χ4n) is 3.15. The lowest BCUT2D eigenvalue weighted by molar-refractivity contribution is -0.118. The van der Waals surface area contributed by atoms with Crippen molar-refractivity contribution in [2.24, 2.45) is 0 Å². The molecule has 0 heterocycles. The number of hydrogen-bond donors (Lipinski definition) is 2. The molecule has 3 aromatic rings. The van der Waals surface area contributed by atoms with E-state index in [9.17, 15) is 19.2 Å². The summed E-state index contributed by atoms with van der Waals surface area (Å²) in [6.07, 6.45) is 1.40. The molecule has 0 aliphatic heterocycles. The molecule has 2 N–H and O–H groups in total. The highest BCUT2D eigenvalue weighted by Crippen LogP contribution is 2.37. The molecular formula is C27H23BrFN3O5. The number of benzene rings is 3. The van der Waals surface area contributed by atoms with Crippen molar-refractivity contribution in [1.82, 2.24) is 0 Å². The van der Waals surface area contributed by atoms with Crippen LogP contribution in [0.1, 0.15) is 12.5 Å². The van der Waals surface area contributed by atoms with Crippen LogP contribution in [0, 0.1) is 17.1 Å². The molecule has 190 valence electrons. The van der Waals surface area contributed by atoms with Crippen LogP contribution in [-0.2, 0) is 9.59 Å². The van der Waals surface area contributed by atoms with Gasteiger partial charge in [0.05, 0.1) is 23.9 Å². The second kappa shape index (κ2) is 13.1. The number of para-hydroxylation sites is 1. The number of rotatable bonds is 10. The second-order valence-corrected chi connectivity index (χ2v) is 8.29. The number of methoxy groups -OCH3 is 1. The third-order valence-corrected chi connectivity index (χ3v) is 5.44. The molecule has 37 heavy (non-hydrogen) atoms. The van der Waals surface area contributed by atoms with Gasteiger partial charge < -0.3 is 24.8 Å². The van der Waals surface area contributed by atoms with Crippen molar-refractivity contribution in [3.8, 4) is 23.3 Å². The number of ether oxygens (including phenoxy) is 3. The number of hydrogen-bond acceptors (Lipinski definition) is 6. The van der Waals surface area contributed by atoms with Gasteiger partial charge in [0.1, 0.15) is 23.2 Å². The maximum atomic E-state index is 13.8. The van der Waals surface area contributed by atoms with E-state index in [1.165, 1.54) is 31.4 Å². The lowest BCUT2D eigenvalue weighted by Gasteiger charge is -2.15. The van der Waals surface area contributed by atoms with Crippen LogP contribution in [0.4, 0.5) is 15.8 Å². The van der Waals surface area contributed by atoms with Crippen LogP contribution >= 0.6 is 15.9 Å². The van der Waals surface area contributed by atoms with E-state index in [-0.39, 0.29) is 22.8 Å². The summed E-state index contributed by atoms with van der Waals surface area (Å²) in [5.74, 6) is -0.558. The molecule has 0 unspecified atom stereocenters. The van der Waals surface area contributed by atoms with Crippen molar-refractivity contribution in [1.29, 1.82) is 5.26 Å². The van der Waals surface area contributed by atoms with Crippen molar-refractivity contribution in [2.45, 2.75) is 6.92 Å². The fraction of sp³-hybridized carbons (Fsp3) is 0.148. The number of anilines is 2. The molecule has 2 amide bonds. The fourth-order valence-corrected chi connectivity index (χ4v) is 3.72. The van der Waals surface area contributed by atoms with Gasteiger partial charge in [-0.1, -0.05) is 12.1 Å². The topological polar surface area (TPSA) is 110 Å². The Bertz CT molecular complexity index is 1350. The van der Waals surface area contributed by atoms with Gasteiger partial charge in [-0.3, -0.25) is 9.59 Å². The van der Waals surface area contributed by atoms with E-state index in [0.29, 0.717) is 28.1 Å². The minimum absolute atomic E-state index is 0.0395. The van der Waals surface area contributed by atoms with Gasteiger partial charge >= 0.3 is 0 Å². The van der Waals surface area contributed by atoms with Gasteiger partial charge in [-0.25, -0.2) is 4.39 Å². The van der Waals surface area contributed by atoms with Gasteiger partial charge in [-0.2, -0.15) is 5.26 Å². The highest BCUT2D eigenvalue weighted by Gasteiger charge is 2.16. The highest BCUT2D eigenvalue weighted by molar-refractivity contribution is 9.10. The number of nitrogens with one attached hydrogen (secondary N) is 2. The van der Waals surface area contributed by atoms with Gasteiger partial charge in [0.15, 0.2) is 18.1 Å². The minimum Gasteiger partial charge on any atom is -0.497 e. The summed E-state index contributed by atoms with van der Waals surface area (Å²) < 4.78 is 30.6. The van der Waals surface area contributed by atoms with Gasteiger partial charge in [0.2, 0.25) is 0 Å². The minimum atomic E-state index is -0.591. The Morgan fingerprint density at radius 2 is 1.81 bits per heavy atom. The van der Waals surface area contributed by atoms with E-state index >= 15 is 0 Å². The molecule has 0 bridgehead atoms. The predicted octanol–water partition coefficient (Wildman–Crippen LogP) is 5.56. The Balaban J connectivity index is 1.76. The first-order valence-corrected chi connectivity index (χ1v) is 11.8. The third-order valence-electron chi connectivity index (χ3n) is 4.85. The van der Waals surface area contributed by atoms with Crippen LogP contribution in [0.3, 0.4) is 0 Å². The quantitative estimate of drug-likeness (QED) is 0.245. The zero-order chi connectivity index (χ0) is 26.8. The van der Waals surface area contributed by atoms with Crippen LogP contribution < -0.4 is 24.8 Å². The molecule has 0 aromatic heterocycles. The maximum Gasteiger partial charge on any atom is 0.266 e. The zero-order valence-electron chi connectivity index (χ0n) is 20.0. The highest BCUT2D eigenvalue weighted by atomic mass is 79.9. The Kier molecular flexibility index (Phi) is 9.63. The summed E-state index contributed by atoms with van der Waals surface area (Å²) in [6, 6.07) is 17.6. The average Bonchev–Trinajstić information content (AvgIpc) is 2.88. The summed E-state index contributed by atoms with van der Waals surface area (Å²) in [4.78, 5) is 24.9. The molecule has 0 fully saturated rings. The van der Waals surface area contributed by atoms with Crippen LogP contribution in [0.5, 0.6) is 17.2 Å². The first kappa shape index (κ1) is 27.2. The van der Waals surface area contributed by atoms with E-state index in [1.807, 2.05) is 6.07 Å². The number of carbonyl (C=O) groups excluding carboxylic acids is 2. The SMILES string of the molecule is CCOc1cc(/C=C(/C#N)C(=O)Nc2ccc(OC)cc2)cc(Br)c1OCC(=O)Nc1ccccc1F. The Morgan fingerprint density at radius 3 is 2.46 bits per heavy atom. The first-order valence-electron chi connectivity index (χ1n) is 11.0. The summed E-state index contributed by atoms with van der Waals surface area (Å²) in [7, 11) is 1.54. The van der Waals surface area contributed by atoms with Crippen molar-refractivity contribution >= 4 is 45.2 Å². The third kappa shape index (κ3) is 7.56. The van der Waals surface area contributed by atoms with E-state index in [0.717, 1.165) is 0 Å². The second-order valence-electron chi connectivity index (χ2n) is 7.43. The van der Waals surface area contributed by atoms with Crippen molar-refractivity contribution in [3.63, 3.8) is 0 Å². The molecule has 0 atom stereocenters. The normalized spacial score (nSPS) is 10.7. The lowest BCUT2D eigenvalue weighted by Crippen LogP contribution is -2.21. The summed E-state index contributed by atoms with van der Waals surface area (Å²) in [6.45, 7) is 1.66. The van der Waals surface area contributed by atoms with Crippen molar-refractivity contribution < 1.29 is 28.2 Å². The van der Waals surface area contributed by atoms with Gasteiger partial charge in [0.25, 0.3) is 11.8 Å². The molecule has 0 radical (unpaired) electrons. The maximum absolute atomic E-state index is 13.8. The standard InChI is InChI=1S/C27H23BrFN3O5/c1-3-36-24-14-17(12-18(15-30)27(34)31-19-8-10-20(35-2)11-9-19)13-21(28)26(24)37-16-25(33)32-23-7-5-4-6-22(23)29/h4-14H,3,16H2,1-2H3,(H,31,34)(H,32,33)/b18-12-. The molecular weight excluding hydrogens is 545 g/mol. The van der Waals surface area contributed by atoms with Crippen LogP contribution in [0.2, 0.25) is 0 Å². The number of amides is 2. The number of halogens is 2. The van der Waals surface area contributed by atoms with Crippen molar-refractivity contribution in [2.75, 3.05) is 31.0 Å². The van der Waals surface area contributed by atoms with E-state index in [1.54, 1.807) is 49.4 Å². The van der Waals surface area contributed by atoms with Crippen LogP contribution in [-0.4, -0.2) is 32.1 Å². The summed E-state index contributed by atoms with van der Waals surface area (Å²) in [5, 5.41) is 14.7. The van der Waals surface area contributed by atoms with E-state index < -0.39 is 24.2 Å². The van der Waals surface area contributed by atoms with E-state index in [2.05, 4.69) is 26.6 Å². The molecule has 0 aliphatic rings. The Hall–Kier alpha value is -4.36. The molecule has 0 saturated heterocycles. The number of nitriles is 1. The number of carbonyl (C=O) groups is 2. The van der Waals surface area contributed by atoms with Gasteiger partial charge in [-0.05, 0) is 83.0 Å². The molecule has 0 saturated carbocycles. The molecule has 0 spiro atoms. The molecule has 8 nitrogen and oxygen atoms in total. The average molecular weight is 568 g/mol. The first-order chi connectivity index (χ1) is 17.8. The number of nitrogens with zero attached hydrogens (tertiary/aromatic N) is 1. The summed E-state index contributed by atoms with van der Waals surface area (Å²) >= 11 is 3.39. The monoisotopic (exact) mass is 567 g/mol. The lowest BCUT2D eigenvalue weighted by atomic mass is 10.1. The van der Waals surface area contributed by atoms with Crippen LogP contribution in [0.25, 0.3) is 6.08 Å². The summed E-state index contributed by atoms with van der Waals surface area (Å²) in [5.41, 5.74) is 0.890. The molecule has 3 aromatic carbocycles. The largest absolute Gasteiger partial charge is 0.497 e. The zero-order valence-corrected chi connectivity index (χ0v) is 21.6. The molecule has 3 rings (SSSR count). The Labute approximate surface area is 221 Å². The van der Waals surface area contributed by atoms with Gasteiger partial charge in [0, 0.05) is 5.69 Å². The van der Waals surface area contributed by atoms with Crippen molar-refractivity contribution in [3.05, 3.63) is 82.1 Å². The predicted molar refractivity (Wildman–Crippen MR) is 141 cm³/mol. The smallest absolute Gasteiger partial charge is 0.266 e. The van der Waals surface area contributed by atoms with E-state index in [4.69, 9.17) is 14.2 Å². The molecule has 0 aliphatic carbocycles. The Morgan fingerprint density at radius 1 is 1.08 bits per heavy atom.